The zero-order chi connectivity index (χ0) is 19.0. The highest BCUT2D eigenvalue weighted by atomic mass is 79.9. The number of nitrogens with zero attached hydrogens (tertiary/aromatic N) is 1. The van der Waals surface area contributed by atoms with Crippen LogP contribution in [0, 0.1) is 0 Å². The fourth-order valence-corrected chi connectivity index (χ4v) is 5.41. The molecule has 0 saturated carbocycles. The van der Waals surface area contributed by atoms with Crippen LogP contribution in [0.2, 0.25) is 0 Å². The van der Waals surface area contributed by atoms with E-state index in [4.69, 9.17) is 4.42 Å². The Balaban J connectivity index is 1.91. The summed E-state index contributed by atoms with van der Waals surface area (Å²) in [5.41, 5.74) is 0.265. The van der Waals surface area contributed by atoms with Gasteiger partial charge in [0.05, 0.1) is 5.69 Å². The molecule has 3 aromatic rings. The molecule has 6 nitrogen and oxygen atoms in total. The summed E-state index contributed by atoms with van der Waals surface area (Å²) in [7, 11) is -3.97. The van der Waals surface area contributed by atoms with Gasteiger partial charge in [0.2, 0.25) is 0 Å². The van der Waals surface area contributed by atoms with Gasteiger partial charge in [0, 0.05) is 22.9 Å². The summed E-state index contributed by atoms with van der Waals surface area (Å²) in [6.45, 7) is 1.52. The van der Waals surface area contributed by atoms with Crippen molar-refractivity contribution in [1.82, 2.24) is 0 Å². The summed E-state index contributed by atoms with van der Waals surface area (Å²) < 4.78 is 34.2. The number of anilines is 2. The minimum absolute atomic E-state index is 0.0497. The minimum atomic E-state index is -3.97. The summed E-state index contributed by atoms with van der Waals surface area (Å²) in [6, 6.07) is 13.6. The molecule has 0 aliphatic carbocycles. The molecule has 0 radical (unpaired) electrons. The molecule has 27 heavy (non-hydrogen) atoms. The Bertz CT molecular complexity index is 1170. The van der Waals surface area contributed by atoms with Crippen molar-refractivity contribution < 1.29 is 12.8 Å². The van der Waals surface area contributed by atoms with E-state index in [2.05, 4.69) is 20.7 Å². The van der Waals surface area contributed by atoms with E-state index in [0.717, 1.165) is 25.9 Å². The number of rotatable bonds is 4. The Morgan fingerprint density at radius 1 is 1.00 bits per heavy atom. The molecule has 1 N–H and O–H groups in total. The molecule has 1 fully saturated rings. The normalized spacial score (nSPS) is 14.6. The van der Waals surface area contributed by atoms with Gasteiger partial charge in [0.25, 0.3) is 10.0 Å². The van der Waals surface area contributed by atoms with Gasteiger partial charge in [-0.05, 0) is 53.0 Å². The highest BCUT2D eigenvalue weighted by Gasteiger charge is 2.27. The molecule has 1 aliphatic rings. The molecule has 4 rings (SSSR count). The molecule has 1 saturated heterocycles. The van der Waals surface area contributed by atoms with E-state index < -0.39 is 15.6 Å². The lowest BCUT2D eigenvalue weighted by atomic mass is 10.1. The Morgan fingerprint density at radius 2 is 1.67 bits per heavy atom. The molecule has 1 aliphatic heterocycles. The molecule has 8 heteroatoms. The second-order valence-corrected chi connectivity index (χ2v) is 8.84. The molecule has 2 aromatic carbocycles. The van der Waals surface area contributed by atoms with Crippen molar-refractivity contribution in [2.45, 2.75) is 17.7 Å². The van der Waals surface area contributed by atoms with Crippen LogP contribution in [0.25, 0.3) is 11.0 Å². The first-order valence-electron chi connectivity index (χ1n) is 8.55. The molecule has 0 amide bonds. The Morgan fingerprint density at radius 3 is 2.41 bits per heavy atom. The van der Waals surface area contributed by atoms with Crippen LogP contribution < -0.4 is 15.2 Å². The lowest BCUT2D eigenvalue weighted by molar-refractivity contribution is 0.562. The highest BCUT2D eigenvalue weighted by Crippen LogP contribution is 2.35. The predicted octanol–water partition coefficient (Wildman–Crippen LogP) is 3.96. The summed E-state index contributed by atoms with van der Waals surface area (Å²) in [4.78, 5) is 14.8. The molecule has 0 bridgehead atoms. The molecule has 2 heterocycles. The predicted molar refractivity (Wildman–Crippen MR) is 109 cm³/mol. The molecule has 1 aromatic heterocycles. The lowest BCUT2D eigenvalue weighted by Crippen LogP contribution is -2.26. The van der Waals surface area contributed by atoms with Gasteiger partial charge in [-0.2, -0.15) is 0 Å². The standard InChI is InChI=1S/C19H17BrN2O4S/c20-14-8-2-4-10-16(14)27(24,25)21-17-18(22-11-5-6-12-22)13-7-1-3-9-15(13)26-19(17)23/h1-4,7-10,21H,5-6,11-12H2. The number of benzene rings is 2. The average Bonchev–Trinajstić information content (AvgIpc) is 3.16. The summed E-state index contributed by atoms with van der Waals surface area (Å²) in [5, 5.41) is 0.712. The second kappa shape index (κ2) is 7.01. The van der Waals surface area contributed by atoms with Gasteiger partial charge < -0.3 is 9.32 Å². The maximum absolute atomic E-state index is 12.9. The van der Waals surface area contributed by atoms with Crippen LogP contribution in [-0.2, 0) is 10.0 Å². The Labute approximate surface area is 165 Å². The van der Waals surface area contributed by atoms with E-state index in [-0.39, 0.29) is 10.6 Å². The van der Waals surface area contributed by atoms with E-state index in [0.29, 0.717) is 21.1 Å². The molecule has 140 valence electrons. The van der Waals surface area contributed by atoms with Crippen LogP contribution in [0.15, 0.2) is 67.1 Å². The van der Waals surface area contributed by atoms with Crippen molar-refractivity contribution in [3.8, 4) is 0 Å². The molecular formula is C19H17BrN2O4S. The van der Waals surface area contributed by atoms with Crippen LogP contribution in [0.3, 0.4) is 0 Å². The topological polar surface area (TPSA) is 79.6 Å². The third kappa shape index (κ3) is 3.35. The number of fused-ring (bicyclic) bond motifs is 1. The van der Waals surface area contributed by atoms with E-state index in [1.165, 1.54) is 6.07 Å². The second-order valence-electron chi connectivity index (χ2n) is 6.34. The molecule has 0 unspecified atom stereocenters. The van der Waals surface area contributed by atoms with E-state index in [9.17, 15) is 13.2 Å². The van der Waals surface area contributed by atoms with Crippen molar-refractivity contribution in [3.63, 3.8) is 0 Å². The quantitative estimate of drug-likeness (QED) is 0.611. The van der Waals surface area contributed by atoms with Gasteiger partial charge in [0.15, 0.2) is 5.69 Å². The van der Waals surface area contributed by atoms with Gasteiger partial charge in [-0.25, -0.2) is 13.2 Å². The maximum atomic E-state index is 12.9. The number of para-hydroxylation sites is 1. The van der Waals surface area contributed by atoms with Crippen molar-refractivity contribution in [1.29, 1.82) is 0 Å². The largest absolute Gasteiger partial charge is 0.421 e. The Kier molecular flexibility index (Phi) is 4.69. The van der Waals surface area contributed by atoms with Crippen LogP contribution in [0.4, 0.5) is 11.4 Å². The molecule has 0 atom stereocenters. The van der Waals surface area contributed by atoms with Crippen molar-refractivity contribution in [2.75, 3.05) is 22.7 Å². The monoisotopic (exact) mass is 448 g/mol. The van der Waals surface area contributed by atoms with Gasteiger partial charge in [-0.15, -0.1) is 0 Å². The summed E-state index contributed by atoms with van der Waals surface area (Å²) in [5.74, 6) is 0. The van der Waals surface area contributed by atoms with Crippen LogP contribution in [-0.4, -0.2) is 21.5 Å². The van der Waals surface area contributed by atoms with E-state index >= 15 is 0 Å². The van der Waals surface area contributed by atoms with Gasteiger partial charge in [-0.1, -0.05) is 24.3 Å². The maximum Gasteiger partial charge on any atom is 0.363 e. The fraction of sp³-hybridized carbons (Fsp3) is 0.211. The first-order valence-corrected chi connectivity index (χ1v) is 10.8. The first kappa shape index (κ1) is 18.1. The number of hydrogen-bond donors (Lipinski definition) is 1. The van der Waals surface area contributed by atoms with Gasteiger partial charge >= 0.3 is 5.63 Å². The van der Waals surface area contributed by atoms with Crippen LogP contribution >= 0.6 is 15.9 Å². The van der Waals surface area contributed by atoms with E-state index in [1.807, 2.05) is 17.0 Å². The third-order valence-corrected chi connectivity index (χ3v) is 6.93. The molecule has 0 spiro atoms. The highest BCUT2D eigenvalue weighted by molar-refractivity contribution is 9.10. The number of nitrogens with one attached hydrogen (secondary N) is 1. The van der Waals surface area contributed by atoms with Crippen LogP contribution in [0.5, 0.6) is 0 Å². The van der Waals surface area contributed by atoms with Gasteiger partial charge in [-0.3, -0.25) is 4.72 Å². The Hall–Kier alpha value is -2.32. The minimum Gasteiger partial charge on any atom is -0.421 e. The zero-order valence-electron chi connectivity index (χ0n) is 14.3. The summed E-state index contributed by atoms with van der Waals surface area (Å²) >= 11 is 3.26. The average molecular weight is 449 g/mol. The number of sulfonamides is 1. The third-order valence-electron chi connectivity index (χ3n) is 4.57. The fourth-order valence-electron chi connectivity index (χ4n) is 3.34. The van der Waals surface area contributed by atoms with Crippen molar-refractivity contribution in [3.05, 3.63) is 63.4 Å². The van der Waals surface area contributed by atoms with E-state index in [1.54, 1.807) is 30.3 Å². The number of hydrogen-bond acceptors (Lipinski definition) is 5. The number of halogens is 1. The van der Waals surface area contributed by atoms with Crippen molar-refractivity contribution in [2.24, 2.45) is 0 Å². The van der Waals surface area contributed by atoms with Gasteiger partial charge in [0.1, 0.15) is 10.5 Å². The summed E-state index contributed by atoms with van der Waals surface area (Å²) in [6.07, 6.45) is 1.98. The first-order chi connectivity index (χ1) is 13.0. The SMILES string of the molecule is O=c1oc2ccccc2c(N2CCCC2)c1NS(=O)(=O)c1ccccc1Br. The smallest absolute Gasteiger partial charge is 0.363 e. The van der Waals surface area contributed by atoms with Crippen LogP contribution in [0.1, 0.15) is 12.8 Å². The van der Waals surface area contributed by atoms with Crippen molar-refractivity contribution >= 4 is 48.3 Å². The lowest BCUT2D eigenvalue weighted by Gasteiger charge is -2.22. The zero-order valence-corrected chi connectivity index (χ0v) is 16.7. The molecular weight excluding hydrogens is 432 g/mol.